The van der Waals surface area contributed by atoms with Crippen LogP contribution >= 0.6 is 21.6 Å². The van der Waals surface area contributed by atoms with Crippen molar-refractivity contribution in [3.05, 3.63) is 130 Å². The molecule has 3 atom stereocenters. The molecular weight excluding hydrogens is 1110 g/mol. The van der Waals surface area contributed by atoms with E-state index in [9.17, 15) is 19.2 Å². The van der Waals surface area contributed by atoms with E-state index >= 15 is 0 Å². The molecule has 0 fully saturated rings. The van der Waals surface area contributed by atoms with E-state index in [0.717, 1.165) is 63.5 Å². The molecule has 0 N–H and O–H groups in total. The quantitative estimate of drug-likeness (QED) is 0.0146. The SMILES string of the molecule is CC=NOCC(=O)CC(CSSC(C)(C)CN(CCOCCOCCOC)c1cc(COc2cc3c(cc2C)C(=O)N2c4ccccc4C[C@H]2CN3C)cc(COc2cc3c(cc2OC)C(=O)N2c4ccccc4C[C@H]2CN3C)c1)C(=O)OC. The minimum absolute atomic E-state index is 0.00837. The van der Waals surface area contributed by atoms with Gasteiger partial charge < -0.3 is 62.5 Å². The largest absolute Gasteiger partial charge is 0.493 e. The van der Waals surface area contributed by atoms with Gasteiger partial charge in [0.2, 0.25) is 0 Å². The van der Waals surface area contributed by atoms with E-state index in [1.54, 1.807) is 38.0 Å². The summed E-state index contributed by atoms with van der Waals surface area (Å²) < 4.78 is 41.3. The van der Waals surface area contributed by atoms with Gasteiger partial charge in [0.25, 0.3) is 11.8 Å². The Labute approximate surface area is 501 Å². The zero-order valence-electron chi connectivity index (χ0n) is 49.7. The Morgan fingerprint density at radius 1 is 0.726 bits per heavy atom. The van der Waals surface area contributed by atoms with Crippen molar-refractivity contribution in [1.29, 1.82) is 0 Å². The van der Waals surface area contributed by atoms with Crippen molar-refractivity contribution in [2.75, 3.05) is 131 Å². The third kappa shape index (κ3) is 14.6. The number of para-hydroxylation sites is 2. The van der Waals surface area contributed by atoms with Gasteiger partial charge in [-0.05, 0) is 111 Å². The number of likely N-dealkylation sites (N-methyl/N-ethyl adjacent to an activating group) is 2. The number of carbonyl (C=O) groups excluding carboxylic acids is 4. The number of Topliss-reactive ketones (excluding diaryl/α,β-unsaturated/α-hetero) is 1. The first-order valence-corrected chi connectivity index (χ1v) is 30.8. The van der Waals surface area contributed by atoms with Crippen LogP contribution in [-0.4, -0.2) is 154 Å². The number of ether oxygens (including phenoxy) is 7. The molecule has 84 heavy (non-hydrogen) atoms. The second-order valence-corrected chi connectivity index (χ2v) is 25.2. The molecule has 0 bridgehead atoms. The lowest BCUT2D eigenvalue weighted by Crippen LogP contribution is -2.41. The Hall–Kier alpha value is -6.97. The summed E-state index contributed by atoms with van der Waals surface area (Å²) in [5, 5.41) is 3.68. The van der Waals surface area contributed by atoms with Crippen LogP contribution in [0.25, 0.3) is 0 Å². The van der Waals surface area contributed by atoms with Crippen LogP contribution in [0.15, 0.2) is 96.2 Å². The summed E-state index contributed by atoms with van der Waals surface area (Å²) in [4.78, 5) is 70.2. The van der Waals surface area contributed by atoms with Crippen molar-refractivity contribution < 1.29 is 57.2 Å². The van der Waals surface area contributed by atoms with Gasteiger partial charge in [0, 0.05) is 99.7 Å². The molecule has 4 heterocycles. The number of nitrogens with zero attached hydrogens (tertiary/aromatic N) is 6. The molecule has 0 aromatic heterocycles. The number of oxime groups is 1. The molecule has 18 nitrogen and oxygen atoms in total. The molecule has 2 amide bonds. The number of anilines is 5. The number of hydrogen-bond acceptors (Lipinski definition) is 18. The lowest BCUT2D eigenvalue weighted by atomic mass is 10.1. The highest BCUT2D eigenvalue weighted by molar-refractivity contribution is 8.77. The molecule has 5 aromatic carbocycles. The fraction of sp³-hybridized carbons (Fsp3) is 0.453. The van der Waals surface area contributed by atoms with Crippen LogP contribution in [0.5, 0.6) is 17.2 Å². The molecule has 448 valence electrons. The molecule has 4 aliphatic heterocycles. The Balaban J connectivity index is 1.01. The van der Waals surface area contributed by atoms with Crippen molar-refractivity contribution in [2.45, 2.75) is 77.0 Å². The van der Waals surface area contributed by atoms with Gasteiger partial charge in [-0.3, -0.25) is 19.2 Å². The third-order valence-corrected chi connectivity index (χ3v) is 18.8. The maximum atomic E-state index is 14.5. The summed E-state index contributed by atoms with van der Waals surface area (Å²) in [6.07, 6.45) is 2.98. The second kappa shape index (κ2) is 28.3. The minimum Gasteiger partial charge on any atom is -0.493 e. The highest BCUT2D eigenvalue weighted by atomic mass is 33.1. The zero-order chi connectivity index (χ0) is 59.5. The third-order valence-electron chi connectivity index (χ3n) is 15.4. The number of fused-ring (bicyclic) bond motifs is 8. The number of hydrogen-bond donors (Lipinski definition) is 0. The van der Waals surface area contributed by atoms with Gasteiger partial charge in [-0.1, -0.05) is 63.1 Å². The monoisotopic (exact) mass is 1190 g/mol. The maximum absolute atomic E-state index is 14.5. The van der Waals surface area contributed by atoms with Crippen LogP contribution in [-0.2, 0) is 59.4 Å². The number of aryl methyl sites for hydroxylation is 1. The molecule has 0 saturated heterocycles. The van der Waals surface area contributed by atoms with Crippen LogP contribution in [0.4, 0.5) is 28.4 Å². The van der Waals surface area contributed by atoms with Gasteiger partial charge in [-0.2, -0.15) is 0 Å². The van der Waals surface area contributed by atoms with Crippen molar-refractivity contribution in [3.63, 3.8) is 0 Å². The Morgan fingerprint density at radius 2 is 1.30 bits per heavy atom. The van der Waals surface area contributed by atoms with Gasteiger partial charge in [0.15, 0.2) is 23.9 Å². The molecule has 0 aliphatic carbocycles. The van der Waals surface area contributed by atoms with Crippen molar-refractivity contribution in [3.8, 4) is 17.2 Å². The van der Waals surface area contributed by atoms with Crippen molar-refractivity contribution in [2.24, 2.45) is 11.1 Å². The van der Waals surface area contributed by atoms with Crippen molar-refractivity contribution >= 4 is 79.8 Å². The van der Waals surface area contributed by atoms with Crippen LogP contribution in [0.1, 0.15) is 75.7 Å². The van der Waals surface area contributed by atoms with Gasteiger partial charge in [-0.15, -0.1) is 0 Å². The van der Waals surface area contributed by atoms with Crippen LogP contribution in [0.3, 0.4) is 0 Å². The summed E-state index contributed by atoms with van der Waals surface area (Å²) in [7, 11) is 11.7. The van der Waals surface area contributed by atoms with E-state index in [4.69, 9.17) is 38.0 Å². The number of esters is 1. The van der Waals surface area contributed by atoms with Gasteiger partial charge >= 0.3 is 5.97 Å². The molecule has 0 radical (unpaired) electrons. The molecule has 9 rings (SSSR count). The van der Waals surface area contributed by atoms with Gasteiger partial charge in [0.05, 0.1) is 87.8 Å². The van der Waals surface area contributed by atoms with E-state index in [0.29, 0.717) is 93.3 Å². The number of carbonyl (C=O) groups is 4. The molecule has 0 spiro atoms. The number of methoxy groups -OCH3 is 3. The van der Waals surface area contributed by atoms with Crippen LogP contribution in [0.2, 0.25) is 0 Å². The molecule has 4 aliphatic rings. The lowest BCUT2D eigenvalue weighted by Gasteiger charge is -2.34. The first-order chi connectivity index (χ1) is 40.6. The fourth-order valence-electron chi connectivity index (χ4n) is 11.5. The van der Waals surface area contributed by atoms with E-state index in [-0.39, 0.29) is 55.9 Å². The Morgan fingerprint density at radius 3 is 1.89 bits per heavy atom. The van der Waals surface area contributed by atoms with E-state index in [1.165, 1.54) is 29.7 Å². The number of amides is 2. The molecule has 5 aromatic rings. The molecule has 20 heteroatoms. The van der Waals surface area contributed by atoms with Gasteiger partial charge in [0.1, 0.15) is 19.0 Å². The predicted octanol–water partition coefficient (Wildman–Crippen LogP) is 9.62. The van der Waals surface area contributed by atoms with Crippen molar-refractivity contribution in [1.82, 2.24) is 0 Å². The first-order valence-electron chi connectivity index (χ1n) is 28.5. The molecular formula is C64H78N6O12S2. The minimum atomic E-state index is -0.673. The molecule has 1 unspecified atom stereocenters. The van der Waals surface area contributed by atoms with E-state index in [2.05, 4.69) is 64.0 Å². The summed E-state index contributed by atoms with van der Waals surface area (Å²) in [5.74, 6) is 0.451. The fourth-order valence-corrected chi connectivity index (χ4v) is 14.3. The topological polar surface area (TPSA) is 171 Å². The summed E-state index contributed by atoms with van der Waals surface area (Å²) in [6, 6.07) is 30.2. The normalized spacial score (nSPS) is 16.5. The zero-order valence-corrected chi connectivity index (χ0v) is 51.3. The summed E-state index contributed by atoms with van der Waals surface area (Å²) in [5.41, 5.74) is 10.4. The van der Waals surface area contributed by atoms with Crippen LogP contribution in [0, 0.1) is 12.8 Å². The van der Waals surface area contributed by atoms with Gasteiger partial charge in [-0.25, -0.2) is 0 Å². The number of ketones is 1. The lowest BCUT2D eigenvalue weighted by molar-refractivity contribution is -0.146. The highest BCUT2D eigenvalue weighted by Crippen LogP contribution is 2.44. The predicted molar refractivity (Wildman–Crippen MR) is 332 cm³/mol. The standard InChI is InChI=1S/C64H78N6O12S2/c1-10-65-82-39-51(71)31-47(63(74)77-9)40-83-84-64(3,4)41-68(19-20-78-23-24-79-22-21-75-7)48-27-43(37-80-58-33-56-52(25-42(58)2)61(72)69-49(35-66(56)5)29-45-15-11-13-17-54(45)69)26-44(28-48)38-81-60-34-57-53(32-59(60)76-8)62(73)70-50(36-67(57)6)30-46-16-12-14-18-55(46)70/h10-18,25-28,32-34,47,49-50H,19-24,29-31,35-41H2,1-9H3/t47?,49-,50-/m0/s1. The Kier molecular flexibility index (Phi) is 20.7. The second-order valence-electron chi connectivity index (χ2n) is 22.2. The maximum Gasteiger partial charge on any atom is 0.309 e. The summed E-state index contributed by atoms with van der Waals surface area (Å²) >= 11 is 0. The Bertz CT molecular complexity index is 3200. The highest BCUT2D eigenvalue weighted by Gasteiger charge is 2.41. The average molecular weight is 1190 g/mol. The van der Waals surface area contributed by atoms with Crippen LogP contribution < -0.4 is 38.7 Å². The number of benzene rings is 5. The average Bonchev–Trinajstić information content (AvgIpc) is 2.06. The number of rotatable bonds is 29. The summed E-state index contributed by atoms with van der Waals surface area (Å²) in [6.45, 7) is 12.6. The van der Waals surface area contributed by atoms with E-state index < -0.39 is 16.6 Å². The van der Waals surface area contributed by atoms with E-state index in [1.807, 2.05) is 85.4 Å². The smallest absolute Gasteiger partial charge is 0.309 e. The first kappa shape index (κ1) is 61.6. The molecule has 0 saturated carbocycles.